The summed E-state index contributed by atoms with van der Waals surface area (Å²) in [6.45, 7) is 0.0322. The first-order valence-electron chi connectivity index (χ1n) is 12.3. The number of likely N-dealkylation sites (N-methyl/N-ethyl adjacent to an activating group) is 1. The molecule has 2 aromatic carbocycles. The third-order valence-corrected chi connectivity index (χ3v) is 6.32. The number of anilines is 1. The third kappa shape index (κ3) is 9.46. The summed E-state index contributed by atoms with van der Waals surface area (Å²) in [5.74, 6) is -1.05. The maximum absolute atomic E-state index is 13.7. The van der Waals surface area contributed by atoms with Crippen molar-refractivity contribution < 1.29 is 27.9 Å². The lowest BCUT2D eigenvalue weighted by molar-refractivity contribution is 0.113. The number of carbonyl (C=O) groups is 3. The van der Waals surface area contributed by atoms with Crippen molar-refractivity contribution in [3.8, 4) is 0 Å². The standard InChI is InChI=1S/C26H29ClF2N8O4/c1-37(25(39)34-13-16-4-2-6-20(29)22(16)27)19(5-3-9-32-23(30)36-24(31)38)14-41-26(40)35-21-11-17-10-18(28)8-7-15(17)12-33-21/h2,4,6-8,10-12,19H,3,5,9,13-14H2,1H3,(H,34,39)(H,33,35,40)(H5,30,31,32,36,38)/t19-/m1/s1. The van der Waals surface area contributed by atoms with Crippen LogP contribution in [-0.2, 0) is 11.3 Å². The van der Waals surface area contributed by atoms with E-state index in [1.165, 1.54) is 48.5 Å². The molecular formula is C26H29ClF2N8O4. The number of urea groups is 2. The number of ether oxygens (including phenoxy) is 1. The largest absolute Gasteiger partial charge is 0.447 e. The molecule has 15 heteroatoms. The van der Waals surface area contributed by atoms with E-state index in [1.807, 2.05) is 0 Å². The van der Waals surface area contributed by atoms with Gasteiger partial charge in [-0.3, -0.25) is 5.32 Å². The zero-order valence-electron chi connectivity index (χ0n) is 22.0. The maximum Gasteiger partial charge on any atom is 0.412 e. The van der Waals surface area contributed by atoms with Crippen LogP contribution in [0.15, 0.2) is 53.7 Å². The molecule has 0 bridgehead atoms. The molecule has 0 fully saturated rings. The summed E-state index contributed by atoms with van der Waals surface area (Å²) in [4.78, 5) is 45.0. The molecule has 12 nitrogen and oxygen atoms in total. The van der Waals surface area contributed by atoms with E-state index in [4.69, 9.17) is 27.8 Å². The zero-order valence-corrected chi connectivity index (χ0v) is 22.8. The molecule has 5 amide bonds. The van der Waals surface area contributed by atoms with Gasteiger partial charge in [-0.15, -0.1) is 0 Å². The highest BCUT2D eigenvalue weighted by Gasteiger charge is 2.22. The number of primary amides is 1. The molecule has 218 valence electrons. The molecule has 0 aliphatic rings. The van der Waals surface area contributed by atoms with Gasteiger partial charge >= 0.3 is 18.2 Å². The minimum Gasteiger partial charge on any atom is -0.447 e. The highest BCUT2D eigenvalue weighted by molar-refractivity contribution is 6.31. The number of benzene rings is 2. The molecule has 1 atom stereocenters. The molecule has 0 radical (unpaired) electrons. The van der Waals surface area contributed by atoms with Crippen LogP contribution in [0.2, 0.25) is 5.02 Å². The van der Waals surface area contributed by atoms with Crippen molar-refractivity contribution in [1.29, 1.82) is 0 Å². The van der Waals surface area contributed by atoms with E-state index in [0.717, 1.165) is 0 Å². The quantitative estimate of drug-likeness (QED) is 0.136. The van der Waals surface area contributed by atoms with Crippen LogP contribution in [0.3, 0.4) is 0 Å². The van der Waals surface area contributed by atoms with E-state index in [-0.39, 0.29) is 36.5 Å². The summed E-state index contributed by atoms with van der Waals surface area (Å²) in [6.07, 6.45) is 1.41. The number of halogens is 3. The molecule has 1 aromatic heterocycles. The number of aliphatic imine (C=N–C) groups is 1. The first-order valence-corrected chi connectivity index (χ1v) is 12.7. The van der Waals surface area contributed by atoms with Crippen LogP contribution in [0.4, 0.5) is 29.0 Å². The Balaban J connectivity index is 1.61. The van der Waals surface area contributed by atoms with Crippen LogP contribution in [-0.4, -0.2) is 60.2 Å². The van der Waals surface area contributed by atoms with Crippen molar-refractivity contribution in [3.05, 3.63) is 70.9 Å². The number of hydrogen-bond donors (Lipinski definition) is 5. The predicted octanol–water partition coefficient (Wildman–Crippen LogP) is 3.69. The molecule has 0 aliphatic heterocycles. The lowest BCUT2D eigenvalue weighted by Gasteiger charge is -2.28. The minimum atomic E-state index is -0.951. The van der Waals surface area contributed by atoms with Gasteiger partial charge in [-0.1, -0.05) is 23.7 Å². The van der Waals surface area contributed by atoms with Gasteiger partial charge in [0.25, 0.3) is 0 Å². The monoisotopic (exact) mass is 590 g/mol. The SMILES string of the molecule is CN(C(=O)NCc1cccc(F)c1Cl)[C@H](CCCN/C(N)=N\C(N)=O)COC(=O)Nc1cc2cc(F)ccc2cn1. The van der Waals surface area contributed by atoms with Crippen LogP contribution in [0, 0.1) is 11.6 Å². The fourth-order valence-electron chi connectivity index (χ4n) is 3.74. The highest BCUT2D eigenvalue weighted by atomic mass is 35.5. The predicted molar refractivity (Wildman–Crippen MR) is 150 cm³/mol. The number of nitrogens with one attached hydrogen (secondary N) is 3. The average Bonchev–Trinajstić information content (AvgIpc) is 2.92. The first kappa shape index (κ1) is 30.8. The Labute approximate surface area is 239 Å². The van der Waals surface area contributed by atoms with E-state index in [0.29, 0.717) is 29.2 Å². The van der Waals surface area contributed by atoms with Crippen molar-refractivity contribution in [3.63, 3.8) is 0 Å². The number of guanidine groups is 1. The van der Waals surface area contributed by atoms with Crippen molar-refractivity contribution >= 4 is 52.3 Å². The zero-order chi connectivity index (χ0) is 29.9. The molecule has 41 heavy (non-hydrogen) atoms. The summed E-state index contributed by atoms with van der Waals surface area (Å²) in [7, 11) is 1.50. The molecule has 7 N–H and O–H groups in total. The third-order valence-electron chi connectivity index (χ3n) is 5.90. The maximum atomic E-state index is 13.7. The Morgan fingerprint density at radius 3 is 2.66 bits per heavy atom. The van der Waals surface area contributed by atoms with Gasteiger partial charge in [0.15, 0.2) is 5.96 Å². The summed E-state index contributed by atoms with van der Waals surface area (Å²) in [5, 5.41) is 8.98. The summed E-state index contributed by atoms with van der Waals surface area (Å²) >= 11 is 5.97. The fourth-order valence-corrected chi connectivity index (χ4v) is 3.93. The molecule has 0 saturated heterocycles. The smallest absolute Gasteiger partial charge is 0.412 e. The first-order chi connectivity index (χ1) is 19.5. The number of aromatic nitrogens is 1. The van der Waals surface area contributed by atoms with Gasteiger partial charge in [-0.2, -0.15) is 4.99 Å². The van der Waals surface area contributed by atoms with Gasteiger partial charge in [0.05, 0.1) is 11.1 Å². The number of fused-ring (bicyclic) bond motifs is 1. The second-order valence-corrected chi connectivity index (χ2v) is 9.20. The molecule has 0 aliphatic carbocycles. The number of carbonyl (C=O) groups excluding carboxylic acids is 3. The lowest BCUT2D eigenvalue weighted by Crippen LogP contribution is -2.46. The van der Waals surface area contributed by atoms with Gasteiger partial charge < -0.3 is 31.7 Å². The summed E-state index contributed by atoms with van der Waals surface area (Å²) < 4.78 is 32.7. The van der Waals surface area contributed by atoms with E-state index in [2.05, 4.69) is 25.9 Å². The Kier molecular flexibility index (Phi) is 11.0. The fraction of sp³-hybridized carbons (Fsp3) is 0.269. The second-order valence-electron chi connectivity index (χ2n) is 8.83. The normalized spacial score (nSPS) is 12.0. The van der Waals surface area contributed by atoms with E-state index in [9.17, 15) is 23.2 Å². The van der Waals surface area contributed by atoms with E-state index in [1.54, 1.807) is 12.1 Å². The minimum absolute atomic E-state index is 0.0380. The summed E-state index contributed by atoms with van der Waals surface area (Å²) in [6, 6.07) is 7.85. The topological polar surface area (TPSA) is 177 Å². The molecule has 0 spiro atoms. The number of hydrogen-bond acceptors (Lipinski definition) is 5. The highest BCUT2D eigenvalue weighted by Crippen LogP contribution is 2.20. The molecule has 0 unspecified atom stereocenters. The Bertz CT molecular complexity index is 1440. The van der Waals surface area contributed by atoms with Gasteiger partial charge in [-0.25, -0.2) is 28.1 Å². The summed E-state index contributed by atoms with van der Waals surface area (Å²) in [5.41, 5.74) is 10.9. The van der Waals surface area contributed by atoms with Gasteiger partial charge in [-0.05, 0) is 54.1 Å². The van der Waals surface area contributed by atoms with Gasteiger partial charge in [0.1, 0.15) is 24.1 Å². The van der Waals surface area contributed by atoms with E-state index >= 15 is 0 Å². The van der Waals surface area contributed by atoms with Crippen molar-refractivity contribution in [2.24, 2.45) is 16.5 Å². The van der Waals surface area contributed by atoms with Crippen LogP contribution in [0.5, 0.6) is 0 Å². The molecule has 3 aromatic rings. The average molecular weight is 591 g/mol. The van der Waals surface area contributed by atoms with E-state index < -0.39 is 35.8 Å². The van der Waals surface area contributed by atoms with Crippen molar-refractivity contribution in [2.75, 3.05) is 25.5 Å². The molecule has 3 rings (SSSR count). The molecule has 1 heterocycles. The second kappa shape index (κ2) is 14.6. The number of nitrogens with zero attached hydrogens (tertiary/aromatic N) is 3. The Morgan fingerprint density at radius 1 is 1.12 bits per heavy atom. The number of nitrogens with two attached hydrogens (primary N) is 2. The van der Waals surface area contributed by atoms with Crippen LogP contribution in [0.25, 0.3) is 10.8 Å². The Morgan fingerprint density at radius 2 is 1.90 bits per heavy atom. The van der Waals surface area contributed by atoms with Crippen LogP contribution < -0.4 is 27.4 Å². The molecule has 0 saturated carbocycles. The lowest BCUT2D eigenvalue weighted by atomic mass is 10.1. The number of rotatable bonds is 10. The van der Waals surface area contributed by atoms with Gasteiger partial charge in [0, 0.05) is 31.7 Å². The number of amides is 5. The van der Waals surface area contributed by atoms with Gasteiger partial charge in [0.2, 0.25) is 0 Å². The Hall–Kier alpha value is -4.72. The van der Waals surface area contributed by atoms with Crippen LogP contribution >= 0.6 is 11.6 Å². The van der Waals surface area contributed by atoms with Crippen molar-refractivity contribution in [2.45, 2.75) is 25.4 Å². The molecular weight excluding hydrogens is 562 g/mol. The van der Waals surface area contributed by atoms with Crippen molar-refractivity contribution in [1.82, 2.24) is 20.5 Å². The van der Waals surface area contributed by atoms with Crippen LogP contribution in [0.1, 0.15) is 18.4 Å². The number of pyridine rings is 1.